The first kappa shape index (κ1) is 15.8. The third-order valence-corrected chi connectivity index (χ3v) is 4.97. The predicted molar refractivity (Wildman–Crippen MR) is 92.5 cm³/mol. The van der Waals surface area contributed by atoms with Gasteiger partial charge in [0.2, 0.25) is 0 Å². The van der Waals surface area contributed by atoms with Crippen LogP contribution in [0, 0.1) is 5.82 Å². The molecule has 0 saturated carbocycles. The average molecular weight is 331 g/mol. The number of anilines is 1. The number of nitrogens with one attached hydrogen (secondary N) is 1. The molecule has 2 aromatic carbocycles. The van der Waals surface area contributed by atoms with E-state index in [1.165, 1.54) is 6.07 Å². The molecule has 4 nitrogen and oxygen atoms in total. The van der Waals surface area contributed by atoms with Gasteiger partial charge in [0.05, 0.1) is 28.8 Å². The molecule has 0 aliphatic rings. The van der Waals surface area contributed by atoms with E-state index in [0.29, 0.717) is 5.69 Å². The molecule has 0 fully saturated rings. The van der Waals surface area contributed by atoms with Crippen LogP contribution in [0.25, 0.3) is 16.6 Å². The molecule has 1 unspecified atom stereocenters. The number of halogens is 1. The van der Waals surface area contributed by atoms with Crippen LogP contribution < -0.4 is 4.72 Å². The van der Waals surface area contributed by atoms with Crippen LogP contribution >= 0.6 is 0 Å². The minimum atomic E-state index is -1.25. The smallest absolute Gasteiger partial charge is 0.148 e. The molecule has 3 aromatic rings. The van der Waals surface area contributed by atoms with E-state index in [9.17, 15) is 8.94 Å². The normalized spacial score (nSPS) is 13.3. The molecule has 0 aliphatic carbocycles. The quantitative estimate of drug-likeness (QED) is 0.737. The van der Waals surface area contributed by atoms with Crippen LogP contribution in [-0.2, 0) is 11.4 Å². The molecule has 1 aromatic heterocycles. The van der Waals surface area contributed by atoms with Crippen LogP contribution in [0.4, 0.5) is 10.1 Å². The standard InChI is InChI=1S/C17H18FN3OS/c1-17(2,3)23(22)20-14-8-6-10-15-12(14)11-19-21(15)16-9-5-4-7-13(16)18/h4-11,20H,1-3H3. The number of aromatic nitrogens is 2. The molecule has 1 N–H and O–H groups in total. The highest BCUT2D eigenvalue weighted by Gasteiger charge is 2.27. The Morgan fingerprint density at radius 3 is 2.57 bits per heavy atom. The molecule has 1 atom stereocenters. The Hall–Kier alpha value is -2.05. The van der Waals surface area contributed by atoms with Crippen molar-refractivity contribution in [2.24, 2.45) is 0 Å². The maximum Gasteiger partial charge on any atom is 0.148 e. The maximum atomic E-state index is 14.0. The molecule has 120 valence electrons. The molecule has 0 bridgehead atoms. The van der Waals surface area contributed by atoms with Crippen LogP contribution in [0.15, 0.2) is 48.7 Å². The number of rotatable bonds is 3. The molecule has 1 heterocycles. The van der Waals surface area contributed by atoms with Gasteiger partial charge in [-0.15, -0.1) is 0 Å². The van der Waals surface area contributed by atoms with Gasteiger partial charge in [0.25, 0.3) is 0 Å². The van der Waals surface area contributed by atoms with Gasteiger partial charge in [0, 0.05) is 5.39 Å². The highest BCUT2D eigenvalue weighted by Crippen LogP contribution is 2.28. The summed E-state index contributed by atoms with van der Waals surface area (Å²) < 4.78 is 30.5. The van der Waals surface area contributed by atoms with Crippen molar-refractivity contribution < 1.29 is 8.94 Å². The van der Waals surface area contributed by atoms with E-state index >= 15 is 0 Å². The van der Waals surface area contributed by atoms with Crippen molar-refractivity contribution in [3.8, 4) is 5.69 Å². The van der Waals surface area contributed by atoms with Crippen molar-refractivity contribution in [3.05, 3.63) is 54.5 Å². The fourth-order valence-electron chi connectivity index (χ4n) is 2.21. The van der Waals surface area contributed by atoms with E-state index in [-0.39, 0.29) is 10.6 Å². The van der Waals surface area contributed by atoms with Gasteiger partial charge in [-0.25, -0.2) is 13.8 Å². The fraction of sp³-hybridized carbons (Fsp3) is 0.235. The maximum absolute atomic E-state index is 14.0. The number of para-hydroxylation sites is 1. The first-order valence-corrected chi connectivity index (χ1v) is 8.43. The molecule has 6 heteroatoms. The van der Waals surface area contributed by atoms with Crippen molar-refractivity contribution in [1.29, 1.82) is 0 Å². The second kappa shape index (κ2) is 5.86. The predicted octanol–water partition coefficient (Wildman–Crippen LogP) is 4.04. The summed E-state index contributed by atoms with van der Waals surface area (Å²) in [7, 11) is 0. The van der Waals surface area contributed by atoms with Gasteiger partial charge in [0.1, 0.15) is 16.3 Å². The Morgan fingerprint density at radius 2 is 1.87 bits per heavy atom. The Kier molecular flexibility index (Phi) is 4.04. The van der Waals surface area contributed by atoms with Crippen LogP contribution in [0.2, 0.25) is 0 Å². The van der Waals surface area contributed by atoms with Crippen molar-refractivity contribution >= 4 is 28.0 Å². The van der Waals surface area contributed by atoms with E-state index in [2.05, 4.69) is 9.82 Å². The summed E-state index contributed by atoms with van der Waals surface area (Å²) in [6.07, 6.45) is 1.66. The van der Waals surface area contributed by atoms with Crippen molar-refractivity contribution in [2.75, 3.05) is 4.72 Å². The molecule has 0 radical (unpaired) electrons. The van der Waals surface area contributed by atoms with E-state index in [1.807, 2.05) is 39.0 Å². The van der Waals surface area contributed by atoms with Gasteiger partial charge in [-0.3, -0.25) is 0 Å². The van der Waals surface area contributed by atoms with Crippen LogP contribution in [0.5, 0.6) is 0 Å². The molecule has 0 saturated heterocycles. The minimum Gasteiger partial charge on any atom is -0.593 e. The molecule has 0 amide bonds. The fourth-order valence-corrected chi connectivity index (χ4v) is 2.89. The Bertz CT molecular complexity index is 841. The van der Waals surface area contributed by atoms with Crippen molar-refractivity contribution in [2.45, 2.75) is 25.5 Å². The summed E-state index contributed by atoms with van der Waals surface area (Å²) in [6, 6.07) is 12.0. The van der Waals surface area contributed by atoms with Gasteiger partial charge < -0.3 is 4.55 Å². The number of benzene rings is 2. The largest absolute Gasteiger partial charge is 0.593 e. The lowest BCUT2D eigenvalue weighted by Crippen LogP contribution is -2.33. The van der Waals surface area contributed by atoms with E-state index in [0.717, 1.165) is 16.6 Å². The zero-order valence-corrected chi connectivity index (χ0v) is 14.0. The Labute approximate surface area is 137 Å². The summed E-state index contributed by atoms with van der Waals surface area (Å²) in [5.41, 5.74) is 1.86. The number of nitrogens with zero attached hydrogens (tertiary/aromatic N) is 2. The molecule has 3 rings (SSSR count). The molecule has 23 heavy (non-hydrogen) atoms. The third-order valence-electron chi connectivity index (χ3n) is 3.45. The van der Waals surface area contributed by atoms with Gasteiger partial charge in [-0.1, -0.05) is 18.2 Å². The van der Waals surface area contributed by atoms with Gasteiger partial charge in [0.15, 0.2) is 0 Å². The minimum absolute atomic E-state index is 0.339. The summed E-state index contributed by atoms with van der Waals surface area (Å²) in [5, 5.41) is 5.09. The lowest BCUT2D eigenvalue weighted by atomic mass is 10.2. The van der Waals surface area contributed by atoms with Crippen LogP contribution in [0.3, 0.4) is 0 Å². The Morgan fingerprint density at radius 1 is 1.13 bits per heavy atom. The zero-order chi connectivity index (χ0) is 16.6. The number of fused-ring (bicyclic) bond motifs is 1. The van der Waals surface area contributed by atoms with E-state index in [1.54, 1.807) is 29.1 Å². The summed E-state index contributed by atoms with van der Waals surface area (Å²) in [4.78, 5) is 0. The summed E-state index contributed by atoms with van der Waals surface area (Å²) >= 11 is -1.25. The third kappa shape index (κ3) is 3.04. The van der Waals surface area contributed by atoms with Crippen molar-refractivity contribution in [3.63, 3.8) is 0 Å². The molecular formula is C17H18FN3OS. The summed E-state index contributed by atoms with van der Waals surface area (Å²) in [6.45, 7) is 5.71. The second-order valence-corrected chi connectivity index (χ2v) is 8.20. The monoisotopic (exact) mass is 331 g/mol. The zero-order valence-electron chi connectivity index (χ0n) is 13.2. The number of hydrogen-bond donors (Lipinski definition) is 1. The number of hydrogen-bond acceptors (Lipinski definition) is 3. The van der Waals surface area contributed by atoms with E-state index in [4.69, 9.17) is 0 Å². The Balaban J connectivity index is 2.06. The lowest BCUT2D eigenvalue weighted by molar-refractivity contribution is 0.565. The highest BCUT2D eigenvalue weighted by atomic mass is 32.2. The SMILES string of the molecule is CC(C)(C)[S+]([O-])Nc1cccc2c1cnn2-c1ccccc1F. The van der Waals surface area contributed by atoms with E-state index < -0.39 is 11.4 Å². The summed E-state index contributed by atoms with van der Waals surface area (Å²) in [5.74, 6) is -0.339. The van der Waals surface area contributed by atoms with Gasteiger partial charge in [-0.2, -0.15) is 5.10 Å². The van der Waals surface area contributed by atoms with Crippen LogP contribution in [0.1, 0.15) is 20.8 Å². The van der Waals surface area contributed by atoms with Crippen LogP contribution in [-0.4, -0.2) is 19.1 Å². The first-order valence-electron chi connectivity index (χ1n) is 7.28. The second-order valence-electron chi connectivity index (χ2n) is 6.23. The molecular weight excluding hydrogens is 313 g/mol. The van der Waals surface area contributed by atoms with Gasteiger partial charge >= 0.3 is 0 Å². The average Bonchev–Trinajstić information content (AvgIpc) is 2.91. The highest BCUT2D eigenvalue weighted by molar-refractivity contribution is 7.94. The van der Waals surface area contributed by atoms with Crippen molar-refractivity contribution in [1.82, 2.24) is 9.78 Å². The molecule has 0 spiro atoms. The molecule has 0 aliphatic heterocycles. The topological polar surface area (TPSA) is 52.9 Å². The van der Waals surface area contributed by atoms with Gasteiger partial charge in [-0.05, 0) is 45.0 Å². The first-order chi connectivity index (χ1) is 10.9. The lowest BCUT2D eigenvalue weighted by Gasteiger charge is -2.24.